The molecule has 0 aliphatic carbocycles. The zero-order valence-electron chi connectivity index (χ0n) is 10.6. The van der Waals surface area contributed by atoms with E-state index in [1.54, 1.807) is 29.5 Å². The molecule has 0 fully saturated rings. The Kier molecular flexibility index (Phi) is 4.59. The van der Waals surface area contributed by atoms with Crippen LogP contribution in [0.2, 0.25) is 0 Å². The molecule has 0 spiro atoms. The Morgan fingerprint density at radius 2 is 2.21 bits per heavy atom. The molecule has 1 aromatic heterocycles. The number of hydrogen-bond acceptors (Lipinski definition) is 5. The first-order chi connectivity index (χ1) is 9.16. The Morgan fingerprint density at radius 3 is 2.89 bits per heavy atom. The highest BCUT2D eigenvalue weighted by molar-refractivity contribution is 7.11. The van der Waals surface area contributed by atoms with Crippen LogP contribution in [0.3, 0.4) is 0 Å². The monoisotopic (exact) mass is 277 g/mol. The Labute approximate surface area is 115 Å². The first-order valence-corrected chi connectivity index (χ1v) is 6.83. The Morgan fingerprint density at radius 1 is 1.42 bits per heavy atom. The lowest BCUT2D eigenvalue weighted by Gasteiger charge is -2.04. The highest BCUT2D eigenvalue weighted by atomic mass is 32.1. The number of rotatable bonds is 6. The summed E-state index contributed by atoms with van der Waals surface area (Å²) < 4.78 is 0. The number of hydrogen-bond donors (Lipinski definition) is 1. The predicted molar refractivity (Wildman–Crippen MR) is 75.4 cm³/mol. The van der Waals surface area contributed by atoms with Crippen LogP contribution in [0.5, 0.6) is 0 Å². The van der Waals surface area contributed by atoms with E-state index in [9.17, 15) is 10.1 Å². The van der Waals surface area contributed by atoms with Gasteiger partial charge in [0.25, 0.3) is 5.69 Å². The molecule has 19 heavy (non-hydrogen) atoms. The minimum atomic E-state index is -0.331. The van der Waals surface area contributed by atoms with Crippen LogP contribution < -0.4 is 5.32 Å². The third-order valence-corrected chi connectivity index (χ3v) is 3.64. The zero-order valence-corrected chi connectivity index (χ0v) is 11.4. The molecule has 2 aromatic rings. The molecule has 0 aliphatic rings. The molecule has 1 N–H and O–H groups in total. The van der Waals surface area contributed by atoms with Crippen molar-refractivity contribution in [3.05, 3.63) is 56.0 Å². The molecule has 2 rings (SSSR count). The molecule has 0 unspecified atom stereocenters. The second kappa shape index (κ2) is 6.40. The standard InChI is InChI=1S/C13H15N3O2S/c1-10-15-9-12(19-10)8-14-7-6-11-4-2-3-5-13(11)16(17)18/h2-5,9,14H,6-8H2,1H3. The SMILES string of the molecule is Cc1ncc(CNCCc2ccccc2[N+](=O)[O-])s1. The van der Waals surface area contributed by atoms with Crippen molar-refractivity contribution in [2.24, 2.45) is 0 Å². The first kappa shape index (κ1) is 13.6. The van der Waals surface area contributed by atoms with Gasteiger partial charge in [-0.1, -0.05) is 18.2 Å². The van der Waals surface area contributed by atoms with E-state index >= 15 is 0 Å². The van der Waals surface area contributed by atoms with Crippen molar-refractivity contribution >= 4 is 17.0 Å². The number of nitrogens with zero attached hydrogens (tertiary/aromatic N) is 2. The van der Waals surface area contributed by atoms with Gasteiger partial charge in [-0.2, -0.15) is 0 Å². The summed E-state index contributed by atoms with van der Waals surface area (Å²) in [6.07, 6.45) is 2.51. The molecule has 100 valence electrons. The predicted octanol–water partition coefficient (Wildman–Crippen LogP) is 2.69. The van der Waals surface area contributed by atoms with Crippen molar-refractivity contribution in [1.29, 1.82) is 0 Å². The second-order valence-electron chi connectivity index (χ2n) is 4.16. The number of benzene rings is 1. The van der Waals surface area contributed by atoms with E-state index in [0.717, 1.165) is 17.1 Å². The van der Waals surface area contributed by atoms with Crippen LogP contribution in [-0.2, 0) is 13.0 Å². The van der Waals surface area contributed by atoms with Crippen LogP contribution in [0.25, 0.3) is 0 Å². The number of nitro benzene ring substituents is 1. The van der Waals surface area contributed by atoms with Crippen molar-refractivity contribution in [3.8, 4) is 0 Å². The van der Waals surface area contributed by atoms with E-state index in [1.807, 2.05) is 19.2 Å². The maximum absolute atomic E-state index is 10.9. The van der Waals surface area contributed by atoms with Gasteiger partial charge in [-0.05, 0) is 19.9 Å². The molecule has 0 saturated carbocycles. The number of aromatic nitrogens is 1. The summed E-state index contributed by atoms with van der Waals surface area (Å²) >= 11 is 1.66. The molecule has 0 radical (unpaired) electrons. The van der Waals surface area contributed by atoms with E-state index < -0.39 is 0 Å². The normalized spacial score (nSPS) is 10.6. The maximum atomic E-state index is 10.9. The van der Waals surface area contributed by atoms with E-state index in [4.69, 9.17) is 0 Å². The van der Waals surface area contributed by atoms with Crippen molar-refractivity contribution in [1.82, 2.24) is 10.3 Å². The van der Waals surface area contributed by atoms with Crippen molar-refractivity contribution in [2.45, 2.75) is 19.9 Å². The smallest absolute Gasteiger partial charge is 0.272 e. The van der Waals surface area contributed by atoms with Gasteiger partial charge >= 0.3 is 0 Å². The molecule has 0 amide bonds. The van der Waals surface area contributed by atoms with Crippen LogP contribution in [0, 0.1) is 17.0 Å². The molecule has 0 saturated heterocycles. The van der Waals surface area contributed by atoms with Gasteiger partial charge in [0.1, 0.15) is 0 Å². The van der Waals surface area contributed by atoms with Gasteiger partial charge in [-0.15, -0.1) is 11.3 Å². The lowest BCUT2D eigenvalue weighted by Crippen LogP contribution is -2.16. The van der Waals surface area contributed by atoms with Gasteiger partial charge in [-0.25, -0.2) is 4.98 Å². The molecular weight excluding hydrogens is 262 g/mol. The lowest BCUT2D eigenvalue weighted by atomic mass is 10.1. The number of thiazole rings is 1. The maximum Gasteiger partial charge on any atom is 0.272 e. The first-order valence-electron chi connectivity index (χ1n) is 6.01. The molecule has 5 nitrogen and oxygen atoms in total. The van der Waals surface area contributed by atoms with E-state index in [0.29, 0.717) is 13.0 Å². The van der Waals surface area contributed by atoms with Gasteiger partial charge in [0.05, 0.1) is 9.93 Å². The summed E-state index contributed by atoms with van der Waals surface area (Å²) in [5, 5.41) is 15.2. The molecular formula is C13H15N3O2S. The van der Waals surface area contributed by atoms with Crippen LogP contribution >= 0.6 is 11.3 Å². The summed E-state index contributed by atoms with van der Waals surface area (Å²) in [6.45, 7) is 3.44. The van der Waals surface area contributed by atoms with Crippen LogP contribution in [0.1, 0.15) is 15.4 Å². The van der Waals surface area contributed by atoms with Gasteiger partial charge in [0.15, 0.2) is 0 Å². The number of aryl methyl sites for hydroxylation is 1. The van der Waals surface area contributed by atoms with Gasteiger partial charge < -0.3 is 5.32 Å². The van der Waals surface area contributed by atoms with Crippen molar-refractivity contribution in [2.75, 3.05) is 6.54 Å². The third kappa shape index (κ3) is 3.84. The van der Waals surface area contributed by atoms with Crippen molar-refractivity contribution in [3.63, 3.8) is 0 Å². The molecule has 0 atom stereocenters. The number of nitrogens with one attached hydrogen (secondary N) is 1. The highest BCUT2D eigenvalue weighted by Crippen LogP contribution is 2.17. The summed E-state index contributed by atoms with van der Waals surface area (Å²) in [7, 11) is 0. The number of para-hydroxylation sites is 1. The van der Waals surface area contributed by atoms with Crippen LogP contribution in [-0.4, -0.2) is 16.5 Å². The summed E-state index contributed by atoms with van der Waals surface area (Å²) in [5.41, 5.74) is 0.957. The minimum Gasteiger partial charge on any atom is -0.311 e. The van der Waals surface area contributed by atoms with E-state index in [2.05, 4.69) is 10.3 Å². The van der Waals surface area contributed by atoms with Gasteiger partial charge in [-0.3, -0.25) is 10.1 Å². The minimum absolute atomic E-state index is 0.193. The van der Waals surface area contributed by atoms with Gasteiger partial charge in [0, 0.05) is 29.2 Å². The summed E-state index contributed by atoms with van der Waals surface area (Å²) in [6, 6.07) is 6.86. The molecule has 1 aromatic carbocycles. The fraction of sp³-hybridized carbons (Fsp3) is 0.308. The molecule has 1 heterocycles. The van der Waals surface area contributed by atoms with Gasteiger partial charge in [0.2, 0.25) is 0 Å². The molecule has 0 aliphatic heterocycles. The largest absolute Gasteiger partial charge is 0.311 e. The summed E-state index contributed by atoms with van der Waals surface area (Å²) in [4.78, 5) is 15.9. The third-order valence-electron chi connectivity index (χ3n) is 2.73. The average molecular weight is 277 g/mol. The quantitative estimate of drug-likeness (QED) is 0.501. The number of nitro groups is 1. The van der Waals surface area contributed by atoms with Crippen LogP contribution in [0.15, 0.2) is 30.5 Å². The topological polar surface area (TPSA) is 68.1 Å². The Bertz CT molecular complexity index is 569. The van der Waals surface area contributed by atoms with Crippen LogP contribution in [0.4, 0.5) is 5.69 Å². The zero-order chi connectivity index (χ0) is 13.7. The molecule has 0 bridgehead atoms. The fourth-order valence-electron chi connectivity index (χ4n) is 1.82. The highest BCUT2D eigenvalue weighted by Gasteiger charge is 2.11. The Balaban J connectivity index is 1.84. The molecule has 6 heteroatoms. The average Bonchev–Trinajstić information content (AvgIpc) is 2.81. The lowest BCUT2D eigenvalue weighted by molar-refractivity contribution is -0.385. The van der Waals surface area contributed by atoms with E-state index in [-0.39, 0.29) is 10.6 Å². The fourth-order valence-corrected chi connectivity index (χ4v) is 2.59. The van der Waals surface area contributed by atoms with E-state index in [1.165, 1.54) is 4.88 Å². The Hall–Kier alpha value is -1.79. The second-order valence-corrected chi connectivity index (χ2v) is 5.48. The van der Waals surface area contributed by atoms with Crippen molar-refractivity contribution < 1.29 is 4.92 Å². The summed E-state index contributed by atoms with van der Waals surface area (Å²) in [5.74, 6) is 0.